The van der Waals surface area contributed by atoms with E-state index >= 15 is 0 Å². The minimum atomic E-state index is -1.01. The van der Waals surface area contributed by atoms with Gasteiger partial charge in [-0.15, -0.1) is 13.2 Å². The number of aliphatic hydroxyl groups excluding tert-OH is 1. The molecule has 8 nitrogen and oxygen atoms in total. The monoisotopic (exact) mass is 489 g/mol. The van der Waals surface area contributed by atoms with E-state index in [1.54, 1.807) is 33.9 Å². The molecule has 2 bridgehead atoms. The first-order valence-corrected chi connectivity index (χ1v) is 13.2. The summed E-state index contributed by atoms with van der Waals surface area (Å²) in [4.78, 5) is 46.9. The number of ether oxygens (including phenoxy) is 1. The molecule has 3 heterocycles. The van der Waals surface area contributed by atoms with Gasteiger partial charge in [0.25, 0.3) is 0 Å². The molecule has 0 aromatic rings. The number of nitrogens with zero attached hydrogens (tertiary/aromatic N) is 3. The molecular weight excluding hydrogens is 446 g/mol. The van der Waals surface area contributed by atoms with E-state index in [4.69, 9.17) is 4.74 Å². The van der Waals surface area contributed by atoms with Crippen molar-refractivity contribution in [1.82, 2.24) is 14.7 Å². The number of carbonyl (C=O) groups excluding carboxylic acids is 3. The topological polar surface area (TPSA) is 90.4 Å². The van der Waals surface area contributed by atoms with Crippen molar-refractivity contribution >= 4 is 17.7 Å². The third-order valence-corrected chi connectivity index (χ3v) is 8.21. The number of carbonyl (C=O) groups is 3. The van der Waals surface area contributed by atoms with Crippen LogP contribution in [0.3, 0.4) is 0 Å². The van der Waals surface area contributed by atoms with E-state index in [2.05, 4.69) is 20.1 Å². The summed E-state index contributed by atoms with van der Waals surface area (Å²) >= 11 is 0. The fourth-order valence-electron chi connectivity index (χ4n) is 6.50. The number of aliphatic hydroxyl groups is 1. The van der Waals surface area contributed by atoms with Crippen molar-refractivity contribution in [3.63, 3.8) is 0 Å². The Bertz CT molecular complexity index is 832. The highest BCUT2D eigenvalue weighted by Gasteiger charge is 2.78. The zero-order valence-electron chi connectivity index (χ0n) is 21.7. The first kappa shape index (κ1) is 27.4. The average Bonchev–Trinajstić information content (AvgIpc) is 3.45. The summed E-state index contributed by atoms with van der Waals surface area (Å²) in [5.74, 6) is -1.73. The van der Waals surface area contributed by atoms with Crippen LogP contribution in [0.1, 0.15) is 58.8 Å². The van der Waals surface area contributed by atoms with E-state index in [0.29, 0.717) is 58.3 Å². The van der Waals surface area contributed by atoms with Crippen molar-refractivity contribution in [1.29, 1.82) is 0 Å². The zero-order valence-corrected chi connectivity index (χ0v) is 21.7. The summed E-state index contributed by atoms with van der Waals surface area (Å²) in [5, 5.41) is 9.32. The van der Waals surface area contributed by atoms with Crippen molar-refractivity contribution in [3.8, 4) is 0 Å². The molecule has 3 fully saturated rings. The molecule has 3 saturated heterocycles. The molecule has 3 aliphatic heterocycles. The Morgan fingerprint density at radius 3 is 2.46 bits per heavy atom. The van der Waals surface area contributed by atoms with Crippen LogP contribution in [0.5, 0.6) is 0 Å². The lowest BCUT2D eigenvalue weighted by Gasteiger charge is -2.37. The number of hydrogen-bond donors (Lipinski definition) is 1. The summed E-state index contributed by atoms with van der Waals surface area (Å²) in [7, 11) is 1.73. The summed E-state index contributed by atoms with van der Waals surface area (Å²) in [6, 6.07) is -0.772. The Balaban J connectivity index is 2.06. The maximum Gasteiger partial charge on any atom is 0.248 e. The molecule has 3 aliphatic rings. The van der Waals surface area contributed by atoms with E-state index in [9.17, 15) is 19.5 Å². The van der Waals surface area contributed by atoms with Crippen LogP contribution in [-0.2, 0) is 19.1 Å². The van der Waals surface area contributed by atoms with Gasteiger partial charge in [-0.3, -0.25) is 14.4 Å². The third-order valence-electron chi connectivity index (χ3n) is 8.21. The van der Waals surface area contributed by atoms with Crippen LogP contribution in [0.25, 0.3) is 0 Å². The lowest BCUT2D eigenvalue weighted by atomic mass is 9.64. The van der Waals surface area contributed by atoms with Gasteiger partial charge in [0.2, 0.25) is 17.7 Å². The maximum absolute atomic E-state index is 14.1. The fourth-order valence-corrected chi connectivity index (χ4v) is 6.50. The smallest absolute Gasteiger partial charge is 0.248 e. The van der Waals surface area contributed by atoms with Crippen LogP contribution in [0, 0.1) is 11.8 Å². The van der Waals surface area contributed by atoms with Crippen LogP contribution in [0.2, 0.25) is 0 Å². The van der Waals surface area contributed by atoms with Gasteiger partial charge in [-0.2, -0.15) is 0 Å². The molecule has 0 saturated carbocycles. The van der Waals surface area contributed by atoms with Crippen molar-refractivity contribution in [2.45, 2.75) is 76.0 Å². The van der Waals surface area contributed by atoms with Gasteiger partial charge in [-0.1, -0.05) is 32.4 Å². The highest BCUT2D eigenvalue weighted by molar-refractivity contribution is 5.99. The summed E-state index contributed by atoms with van der Waals surface area (Å²) in [6.45, 7) is 13.4. The molecular formula is C27H43N3O5. The van der Waals surface area contributed by atoms with Gasteiger partial charge in [0.1, 0.15) is 11.6 Å². The molecule has 0 aromatic heterocycles. The summed E-state index contributed by atoms with van der Waals surface area (Å²) < 4.78 is 6.80. The molecule has 0 radical (unpaired) electrons. The third kappa shape index (κ3) is 4.55. The van der Waals surface area contributed by atoms with Crippen LogP contribution in [-0.4, -0.2) is 94.6 Å². The molecule has 3 rings (SSSR count). The number of likely N-dealkylation sites (N-methyl/N-ethyl adjacent to an activating group) is 1. The predicted molar refractivity (Wildman–Crippen MR) is 134 cm³/mol. The highest BCUT2D eigenvalue weighted by Crippen LogP contribution is 2.64. The summed E-state index contributed by atoms with van der Waals surface area (Å²) in [6.07, 6.45) is 8.14. The van der Waals surface area contributed by atoms with Crippen molar-refractivity contribution in [2.24, 2.45) is 11.8 Å². The molecule has 1 spiro atoms. The Morgan fingerprint density at radius 2 is 1.86 bits per heavy atom. The van der Waals surface area contributed by atoms with E-state index in [0.717, 1.165) is 12.8 Å². The van der Waals surface area contributed by atoms with Gasteiger partial charge in [-0.05, 0) is 38.5 Å². The summed E-state index contributed by atoms with van der Waals surface area (Å²) in [5.41, 5.74) is -1.75. The molecule has 3 amide bonds. The Morgan fingerprint density at radius 1 is 1.14 bits per heavy atom. The van der Waals surface area contributed by atoms with E-state index < -0.39 is 29.1 Å². The van der Waals surface area contributed by atoms with Gasteiger partial charge in [-0.25, -0.2) is 0 Å². The Labute approximate surface area is 210 Å². The molecule has 8 heteroatoms. The maximum atomic E-state index is 14.1. The van der Waals surface area contributed by atoms with Gasteiger partial charge >= 0.3 is 0 Å². The average molecular weight is 490 g/mol. The second-order valence-electron chi connectivity index (χ2n) is 10.2. The minimum absolute atomic E-state index is 0.0250. The predicted octanol–water partition coefficient (Wildman–Crippen LogP) is 2.37. The second kappa shape index (κ2) is 11.2. The standard InChI is InChI=1S/C27H43N3O5/c1-6-10-17-29(16-8-3)25(34)22-27-14-13-26(9-4,35-27)20(23(32)28(5)15-7-2)21(27)24(33)30(22)18-11-12-19-31/h7-8,20-22,31H,2-3,6,9-19H2,1,4-5H3/t20-,21+,22?,26+,27?/m1/s1. The first-order valence-electron chi connectivity index (χ1n) is 13.2. The normalized spacial score (nSPS) is 30.9. The van der Waals surface area contributed by atoms with Gasteiger partial charge in [0.15, 0.2) is 0 Å². The molecule has 0 aliphatic carbocycles. The number of amides is 3. The Kier molecular flexibility index (Phi) is 8.81. The highest BCUT2D eigenvalue weighted by atomic mass is 16.5. The number of hydrogen-bond acceptors (Lipinski definition) is 5. The SMILES string of the molecule is C=CCN(C)C(=O)[C@H]1[C@H]2C(=O)N(CCCCO)C(C(=O)N(CC=C)CCCC)C23CC[C@]1(CC)O3. The molecule has 196 valence electrons. The fraction of sp³-hybridized carbons (Fsp3) is 0.741. The van der Waals surface area contributed by atoms with Crippen LogP contribution >= 0.6 is 0 Å². The molecule has 0 aromatic carbocycles. The molecule has 2 unspecified atom stereocenters. The van der Waals surface area contributed by atoms with Gasteiger partial charge < -0.3 is 24.5 Å². The quantitative estimate of drug-likeness (QED) is 0.299. The molecule has 35 heavy (non-hydrogen) atoms. The van der Waals surface area contributed by atoms with Crippen LogP contribution in [0.4, 0.5) is 0 Å². The minimum Gasteiger partial charge on any atom is -0.396 e. The molecule has 1 N–H and O–H groups in total. The van der Waals surface area contributed by atoms with E-state index in [1.165, 1.54) is 0 Å². The largest absolute Gasteiger partial charge is 0.396 e. The van der Waals surface area contributed by atoms with E-state index in [1.807, 2.05) is 6.92 Å². The van der Waals surface area contributed by atoms with Crippen LogP contribution in [0.15, 0.2) is 25.3 Å². The number of fused-ring (bicyclic) bond motifs is 1. The lowest BCUT2D eigenvalue weighted by Crippen LogP contribution is -2.56. The zero-order chi connectivity index (χ0) is 25.8. The van der Waals surface area contributed by atoms with Crippen LogP contribution < -0.4 is 0 Å². The van der Waals surface area contributed by atoms with E-state index in [-0.39, 0.29) is 24.3 Å². The van der Waals surface area contributed by atoms with Gasteiger partial charge in [0, 0.05) is 39.8 Å². The number of rotatable bonds is 14. The lowest BCUT2D eigenvalue weighted by molar-refractivity contribution is -0.154. The van der Waals surface area contributed by atoms with Crippen molar-refractivity contribution in [3.05, 3.63) is 25.3 Å². The first-order chi connectivity index (χ1) is 16.8. The second-order valence-corrected chi connectivity index (χ2v) is 10.2. The van der Waals surface area contributed by atoms with Crippen molar-refractivity contribution < 1.29 is 24.2 Å². The Hall–Kier alpha value is -2.19. The molecule has 5 atom stereocenters. The van der Waals surface area contributed by atoms with Crippen molar-refractivity contribution in [2.75, 3.05) is 39.8 Å². The van der Waals surface area contributed by atoms with Gasteiger partial charge in [0.05, 0.1) is 17.4 Å². The number of unbranched alkanes of at least 4 members (excludes halogenated alkanes) is 2. The number of likely N-dealkylation sites (tertiary alicyclic amines) is 1.